The van der Waals surface area contributed by atoms with Crippen LogP contribution in [-0.2, 0) is 11.2 Å². The minimum atomic E-state index is -0.00611. The summed E-state index contributed by atoms with van der Waals surface area (Å²) in [5, 5.41) is 1.40. The number of hydrogen-bond donors (Lipinski definition) is 1. The van der Waals surface area contributed by atoms with E-state index in [2.05, 4.69) is 14.9 Å². The second kappa shape index (κ2) is 8.21. The predicted molar refractivity (Wildman–Crippen MR) is 126 cm³/mol. The molecule has 1 saturated heterocycles. The first kappa shape index (κ1) is 20.4. The zero-order valence-electron chi connectivity index (χ0n) is 17.4. The van der Waals surface area contributed by atoms with Crippen molar-refractivity contribution in [3.63, 3.8) is 0 Å². The van der Waals surface area contributed by atoms with Gasteiger partial charge in [0.2, 0.25) is 5.91 Å². The lowest BCUT2D eigenvalue weighted by Gasteiger charge is -2.36. The van der Waals surface area contributed by atoms with Gasteiger partial charge in [0.15, 0.2) is 0 Å². The molecule has 1 fully saturated rings. The Balaban J connectivity index is 1.38. The zero-order chi connectivity index (χ0) is 21.5. The molecular formula is C24H24Cl2N4O. The van der Waals surface area contributed by atoms with Gasteiger partial charge in [-0.1, -0.05) is 35.3 Å². The minimum Gasteiger partial charge on any atom is -0.370 e. The van der Waals surface area contributed by atoms with Crippen LogP contribution in [-0.4, -0.2) is 35.5 Å². The number of para-hydroxylation sites is 1. The van der Waals surface area contributed by atoms with Crippen molar-refractivity contribution in [2.24, 2.45) is 5.92 Å². The maximum Gasteiger partial charge on any atom is 0.230 e. The number of H-pyrrole nitrogens is 1. The number of halogens is 2. The Morgan fingerprint density at radius 1 is 1.06 bits per heavy atom. The summed E-state index contributed by atoms with van der Waals surface area (Å²) in [4.78, 5) is 25.9. The van der Waals surface area contributed by atoms with Gasteiger partial charge >= 0.3 is 0 Å². The van der Waals surface area contributed by atoms with Gasteiger partial charge in [-0.2, -0.15) is 0 Å². The van der Waals surface area contributed by atoms with Gasteiger partial charge in [0.1, 0.15) is 5.82 Å². The molecule has 2 aliphatic heterocycles. The van der Waals surface area contributed by atoms with Gasteiger partial charge in [-0.25, -0.2) is 4.98 Å². The van der Waals surface area contributed by atoms with Crippen LogP contribution < -0.4 is 9.80 Å². The predicted octanol–water partition coefficient (Wildman–Crippen LogP) is 5.50. The number of amides is 1. The number of imidazole rings is 1. The van der Waals surface area contributed by atoms with Crippen LogP contribution in [0.4, 0.5) is 11.4 Å². The van der Waals surface area contributed by atoms with E-state index in [1.54, 1.807) is 0 Å². The van der Waals surface area contributed by atoms with E-state index in [0.717, 1.165) is 71.5 Å². The molecule has 31 heavy (non-hydrogen) atoms. The fourth-order valence-electron chi connectivity index (χ4n) is 4.75. The van der Waals surface area contributed by atoms with Crippen molar-refractivity contribution in [2.75, 3.05) is 29.4 Å². The monoisotopic (exact) mass is 454 g/mol. The molecule has 2 aromatic carbocycles. The Kier molecular flexibility index (Phi) is 5.40. The molecule has 5 nitrogen and oxygen atoms in total. The highest BCUT2D eigenvalue weighted by molar-refractivity contribution is 6.33. The molecule has 0 saturated carbocycles. The zero-order valence-corrected chi connectivity index (χ0v) is 18.9. The third kappa shape index (κ3) is 3.81. The molecule has 3 aromatic rings. The van der Waals surface area contributed by atoms with E-state index in [9.17, 15) is 4.79 Å². The second-order valence-electron chi connectivity index (χ2n) is 8.26. The number of nitrogens with one attached hydrogen (secondary N) is 1. The van der Waals surface area contributed by atoms with Crippen LogP contribution in [0.25, 0.3) is 11.3 Å². The van der Waals surface area contributed by atoms with E-state index < -0.39 is 0 Å². The molecule has 0 unspecified atom stereocenters. The minimum absolute atomic E-state index is 0.00611. The van der Waals surface area contributed by atoms with Crippen LogP contribution in [0, 0.1) is 12.8 Å². The second-order valence-corrected chi connectivity index (χ2v) is 9.11. The molecular weight excluding hydrogens is 431 g/mol. The summed E-state index contributed by atoms with van der Waals surface area (Å²) in [6, 6.07) is 13.6. The lowest BCUT2D eigenvalue weighted by Crippen LogP contribution is -2.43. The molecule has 0 atom stereocenters. The van der Waals surface area contributed by atoms with Crippen LogP contribution >= 0.6 is 23.2 Å². The SMILES string of the molecule is Cc1nc2c([nH]1)CCN(C(=O)C1CCN(c3ccccc3Cl)CC1)c1ccc(Cl)cc1-2. The highest BCUT2D eigenvalue weighted by Gasteiger charge is 2.33. The first-order chi connectivity index (χ1) is 15.0. The Morgan fingerprint density at radius 2 is 1.84 bits per heavy atom. The maximum atomic E-state index is 13.6. The fourth-order valence-corrected chi connectivity index (χ4v) is 5.17. The van der Waals surface area contributed by atoms with Gasteiger partial charge in [0.05, 0.1) is 22.1 Å². The molecule has 3 heterocycles. The van der Waals surface area contributed by atoms with Crippen LogP contribution in [0.1, 0.15) is 24.4 Å². The van der Waals surface area contributed by atoms with Crippen molar-refractivity contribution in [2.45, 2.75) is 26.2 Å². The molecule has 2 aliphatic rings. The third-order valence-corrected chi connectivity index (χ3v) is 6.85. The molecule has 0 bridgehead atoms. The average molecular weight is 455 g/mol. The number of rotatable bonds is 2. The standard InChI is InChI=1S/C24H24Cl2N4O/c1-15-27-20-10-13-30(21-7-6-17(25)14-18(21)23(20)28-15)24(31)16-8-11-29(12-9-16)22-5-3-2-4-19(22)26/h2-7,14,16H,8-13H2,1H3,(H,27,28). The Hall–Kier alpha value is -2.50. The highest BCUT2D eigenvalue weighted by Crippen LogP contribution is 2.38. The van der Waals surface area contributed by atoms with E-state index >= 15 is 0 Å². The van der Waals surface area contributed by atoms with Crippen molar-refractivity contribution >= 4 is 40.5 Å². The van der Waals surface area contributed by atoms with Crippen LogP contribution in [0.3, 0.4) is 0 Å². The third-order valence-electron chi connectivity index (χ3n) is 6.29. The van der Waals surface area contributed by atoms with E-state index in [1.165, 1.54) is 0 Å². The summed E-state index contributed by atoms with van der Waals surface area (Å²) < 4.78 is 0. The average Bonchev–Trinajstić information content (AvgIpc) is 3.08. The van der Waals surface area contributed by atoms with Crippen LogP contribution in [0.15, 0.2) is 42.5 Å². The summed E-state index contributed by atoms with van der Waals surface area (Å²) >= 11 is 12.7. The van der Waals surface area contributed by atoms with Crippen molar-refractivity contribution in [1.82, 2.24) is 9.97 Å². The Morgan fingerprint density at radius 3 is 2.61 bits per heavy atom. The van der Waals surface area contributed by atoms with E-state index in [1.807, 2.05) is 54.3 Å². The number of aryl methyl sites for hydroxylation is 1. The topological polar surface area (TPSA) is 52.2 Å². The largest absolute Gasteiger partial charge is 0.370 e. The molecule has 1 aromatic heterocycles. The number of anilines is 2. The number of aromatic nitrogens is 2. The summed E-state index contributed by atoms with van der Waals surface area (Å²) in [5.41, 5.74) is 4.83. The lowest BCUT2D eigenvalue weighted by atomic mass is 9.94. The molecule has 5 rings (SSSR count). The van der Waals surface area contributed by atoms with Gasteiger partial charge in [0.25, 0.3) is 0 Å². The summed E-state index contributed by atoms with van der Waals surface area (Å²) in [7, 11) is 0. The molecule has 0 aliphatic carbocycles. The van der Waals surface area contributed by atoms with Crippen LogP contribution in [0.2, 0.25) is 10.0 Å². The fraction of sp³-hybridized carbons (Fsp3) is 0.333. The highest BCUT2D eigenvalue weighted by atomic mass is 35.5. The number of carbonyl (C=O) groups excluding carboxylic acids is 1. The molecule has 0 spiro atoms. The summed E-state index contributed by atoms with van der Waals surface area (Å²) in [6.07, 6.45) is 2.37. The first-order valence-electron chi connectivity index (χ1n) is 10.7. The van der Waals surface area contributed by atoms with E-state index in [4.69, 9.17) is 23.2 Å². The summed E-state index contributed by atoms with van der Waals surface area (Å²) in [6.45, 7) is 4.23. The number of aromatic amines is 1. The van der Waals surface area contributed by atoms with Crippen molar-refractivity contribution in [1.29, 1.82) is 0 Å². The van der Waals surface area contributed by atoms with Crippen LogP contribution in [0.5, 0.6) is 0 Å². The number of fused-ring (bicyclic) bond motifs is 3. The van der Waals surface area contributed by atoms with Gasteiger partial charge in [0, 0.05) is 48.3 Å². The normalized spacial score (nSPS) is 16.6. The number of piperidine rings is 1. The quantitative estimate of drug-likeness (QED) is 0.556. The van der Waals surface area contributed by atoms with Gasteiger partial charge in [-0.3, -0.25) is 4.79 Å². The van der Waals surface area contributed by atoms with Crippen molar-refractivity contribution in [3.05, 3.63) is 64.0 Å². The van der Waals surface area contributed by atoms with Gasteiger partial charge in [-0.05, 0) is 50.1 Å². The van der Waals surface area contributed by atoms with Gasteiger partial charge < -0.3 is 14.8 Å². The number of benzene rings is 2. The van der Waals surface area contributed by atoms with Crippen molar-refractivity contribution < 1.29 is 4.79 Å². The molecule has 7 heteroatoms. The maximum absolute atomic E-state index is 13.6. The molecule has 160 valence electrons. The molecule has 1 N–H and O–H groups in total. The smallest absolute Gasteiger partial charge is 0.230 e. The lowest BCUT2D eigenvalue weighted by molar-refractivity contribution is -0.122. The molecule has 0 radical (unpaired) electrons. The Labute approximate surface area is 192 Å². The van der Waals surface area contributed by atoms with Crippen molar-refractivity contribution in [3.8, 4) is 11.3 Å². The Bertz CT molecular complexity index is 1130. The van der Waals surface area contributed by atoms with E-state index in [0.29, 0.717) is 11.6 Å². The number of carbonyl (C=O) groups is 1. The summed E-state index contributed by atoms with van der Waals surface area (Å²) in [5.74, 6) is 1.06. The number of hydrogen-bond acceptors (Lipinski definition) is 3. The number of nitrogens with zero attached hydrogens (tertiary/aromatic N) is 3. The van der Waals surface area contributed by atoms with E-state index in [-0.39, 0.29) is 11.8 Å². The molecule has 1 amide bonds. The first-order valence-corrected chi connectivity index (χ1v) is 11.4. The van der Waals surface area contributed by atoms with Gasteiger partial charge in [-0.15, -0.1) is 0 Å².